The standard InChI is InChI=1S/C13H25NO3.Na/c1-3-4-5-6-7-8-9-10-12(15)14-11(2)13(16)17;/h11H,3-10H2,1-2H3,(H,14,15)(H,16,17);/q;+1/p-1/t11-;/m0./s1. The van der Waals surface area contributed by atoms with E-state index in [9.17, 15) is 14.7 Å². The van der Waals surface area contributed by atoms with Gasteiger partial charge in [-0.3, -0.25) is 4.79 Å². The zero-order valence-electron chi connectivity index (χ0n) is 12.0. The number of unbranched alkanes of at least 4 members (excludes halogenated alkanes) is 6. The molecule has 0 saturated heterocycles. The summed E-state index contributed by atoms with van der Waals surface area (Å²) in [5.41, 5.74) is 0. The van der Waals surface area contributed by atoms with Crippen LogP contribution in [0.25, 0.3) is 0 Å². The summed E-state index contributed by atoms with van der Waals surface area (Å²) < 4.78 is 0. The van der Waals surface area contributed by atoms with E-state index in [1.807, 2.05) is 0 Å². The first-order chi connectivity index (χ1) is 8.07. The van der Waals surface area contributed by atoms with E-state index >= 15 is 0 Å². The van der Waals surface area contributed by atoms with Crippen molar-refractivity contribution in [3.8, 4) is 0 Å². The molecule has 5 heteroatoms. The van der Waals surface area contributed by atoms with Crippen molar-refractivity contribution in [1.29, 1.82) is 0 Å². The second-order valence-corrected chi connectivity index (χ2v) is 4.48. The van der Waals surface area contributed by atoms with Gasteiger partial charge in [-0.15, -0.1) is 0 Å². The van der Waals surface area contributed by atoms with E-state index in [2.05, 4.69) is 12.2 Å². The Morgan fingerprint density at radius 2 is 1.56 bits per heavy atom. The van der Waals surface area contributed by atoms with Crippen LogP contribution in [-0.4, -0.2) is 17.9 Å². The summed E-state index contributed by atoms with van der Waals surface area (Å²) in [6.45, 7) is 3.60. The fraction of sp³-hybridized carbons (Fsp3) is 0.846. The molecule has 18 heavy (non-hydrogen) atoms. The zero-order chi connectivity index (χ0) is 13.1. The number of amides is 1. The number of carbonyl (C=O) groups is 2. The number of nitrogens with one attached hydrogen (secondary N) is 1. The van der Waals surface area contributed by atoms with Gasteiger partial charge >= 0.3 is 29.6 Å². The first kappa shape index (κ1) is 20.3. The Morgan fingerprint density at radius 3 is 2.06 bits per heavy atom. The maximum absolute atomic E-state index is 11.3. The number of carboxylic acids is 1. The molecule has 0 aromatic carbocycles. The first-order valence-electron chi connectivity index (χ1n) is 6.58. The summed E-state index contributed by atoms with van der Waals surface area (Å²) in [4.78, 5) is 21.7. The minimum absolute atomic E-state index is 0. The molecule has 100 valence electrons. The van der Waals surface area contributed by atoms with Crippen LogP contribution in [0, 0.1) is 0 Å². The first-order valence-corrected chi connectivity index (χ1v) is 6.58. The summed E-state index contributed by atoms with van der Waals surface area (Å²) >= 11 is 0. The molecule has 0 aliphatic carbocycles. The van der Waals surface area contributed by atoms with Gasteiger partial charge in [0.1, 0.15) is 0 Å². The molecule has 0 rings (SSSR count). The molecule has 0 unspecified atom stereocenters. The molecule has 0 aromatic heterocycles. The number of rotatable bonds is 10. The third-order valence-corrected chi connectivity index (χ3v) is 2.74. The van der Waals surface area contributed by atoms with Gasteiger partial charge in [0.2, 0.25) is 5.91 Å². The molecule has 0 saturated carbocycles. The van der Waals surface area contributed by atoms with Gasteiger partial charge in [-0.05, 0) is 13.3 Å². The molecule has 4 nitrogen and oxygen atoms in total. The fourth-order valence-electron chi connectivity index (χ4n) is 1.62. The molecule has 1 atom stereocenters. The Kier molecular flexibility index (Phi) is 15.1. The predicted molar refractivity (Wildman–Crippen MR) is 65.2 cm³/mol. The van der Waals surface area contributed by atoms with Gasteiger partial charge in [-0.25, -0.2) is 0 Å². The Bertz CT molecular complexity index is 234. The molecule has 1 N–H and O–H groups in total. The maximum atomic E-state index is 11.3. The third kappa shape index (κ3) is 12.4. The fourth-order valence-corrected chi connectivity index (χ4v) is 1.62. The van der Waals surface area contributed by atoms with Crippen molar-refractivity contribution >= 4 is 11.9 Å². The van der Waals surface area contributed by atoms with Crippen LogP contribution in [-0.2, 0) is 9.59 Å². The SMILES string of the molecule is CCCCCCCCCC(=O)N[C@@H](C)C(=O)[O-].[Na+]. The van der Waals surface area contributed by atoms with Crippen LogP contribution >= 0.6 is 0 Å². The van der Waals surface area contributed by atoms with E-state index in [1.54, 1.807) is 0 Å². The molecule has 0 spiro atoms. The van der Waals surface area contributed by atoms with Crippen molar-refractivity contribution in [2.75, 3.05) is 0 Å². The summed E-state index contributed by atoms with van der Waals surface area (Å²) in [5.74, 6) is -1.44. The quantitative estimate of drug-likeness (QED) is 0.381. The van der Waals surface area contributed by atoms with Gasteiger partial charge in [0.15, 0.2) is 0 Å². The van der Waals surface area contributed by atoms with Crippen molar-refractivity contribution in [1.82, 2.24) is 5.32 Å². The van der Waals surface area contributed by atoms with Crippen LogP contribution in [0.3, 0.4) is 0 Å². The molecular weight excluding hydrogens is 241 g/mol. The number of aliphatic carboxylic acids is 1. The van der Waals surface area contributed by atoms with Crippen LogP contribution in [0.1, 0.15) is 65.2 Å². The summed E-state index contributed by atoms with van der Waals surface area (Å²) in [6, 6.07) is -0.896. The average molecular weight is 265 g/mol. The molecule has 1 amide bonds. The van der Waals surface area contributed by atoms with Crippen molar-refractivity contribution in [3.63, 3.8) is 0 Å². The maximum Gasteiger partial charge on any atom is 1.00 e. The summed E-state index contributed by atoms with van der Waals surface area (Å²) in [7, 11) is 0. The van der Waals surface area contributed by atoms with Gasteiger partial charge in [0.25, 0.3) is 0 Å². The van der Waals surface area contributed by atoms with Crippen LogP contribution < -0.4 is 40.0 Å². The third-order valence-electron chi connectivity index (χ3n) is 2.74. The molecule has 0 aromatic rings. The number of carboxylic acid groups (broad SMARTS) is 1. The minimum atomic E-state index is -1.24. The Balaban J connectivity index is 0. The number of hydrogen-bond acceptors (Lipinski definition) is 3. The van der Waals surface area contributed by atoms with Crippen LogP contribution in [0.15, 0.2) is 0 Å². The molecule has 0 aliphatic heterocycles. The number of carbonyl (C=O) groups excluding carboxylic acids is 2. The van der Waals surface area contributed by atoms with Crippen LogP contribution in [0.2, 0.25) is 0 Å². The Labute approximate surface area is 132 Å². The van der Waals surface area contributed by atoms with Gasteiger partial charge < -0.3 is 15.2 Å². The Hall–Kier alpha value is -0.0600. The van der Waals surface area contributed by atoms with E-state index in [0.717, 1.165) is 19.3 Å². The number of hydrogen-bond donors (Lipinski definition) is 1. The second-order valence-electron chi connectivity index (χ2n) is 4.48. The van der Waals surface area contributed by atoms with Crippen molar-refractivity contribution in [2.24, 2.45) is 0 Å². The van der Waals surface area contributed by atoms with Gasteiger partial charge in [0, 0.05) is 6.42 Å². The van der Waals surface area contributed by atoms with E-state index in [4.69, 9.17) is 0 Å². The Morgan fingerprint density at radius 1 is 1.06 bits per heavy atom. The van der Waals surface area contributed by atoms with E-state index < -0.39 is 12.0 Å². The molecule has 0 fully saturated rings. The minimum Gasteiger partial charge on any atom is -0.548 e. The van der Waals surface area contributed by atoms with Crippen molar-refractivity contribution in [3.05, 3.63) is 0 Å². The van der Waals surface area contributed by atoms with Gasteiger partial charge in [-0.1, -0.05) is 45.4 Å². The molecular formula is C13H24NNaO3. The average Bonchev–Trinajstić information content (AvgIpc) is 2.27. The molecule has 0 aliphatic rings. The molecule has 0 bridgehead atoms. The predicted octanol–water partition coefficient (Wildman–Crippen LogP) is -1.61. The molecule has 0 radical (unpaired) electrons. The largest absolute Gasteiger partial charge is 1.00 e. The van der Waals surface area contributed by atoms with Gasteiger partial charge in [0.05, 0.1) is 12.0 Å². The van der Waals surface area contributed by atoms with Gasteiger partial charge in [-0.2, -0.15) is 0 Å². The monoisotopic (exact) mass is 265 g/mol. The topological polar surface area (TPSA) is 69.2 Å². The van der Waals surface area contributed by atoms with Crippen molar-refractivity contribution < 1.29 is 44.3 Å². The zero-order valence-corrected chi connectivity index (χ0v) is 14.0. The van der Waals surface area contributed by atoms with Crippen molar-refractivity contribution in [2.45, 2.75) is 71.3 Å². The molecule has 0 heterocycles. The second kappa shape index (κ2) is 13.4. The van der Waals surface area contributed by atoms with Crippen LogP contribution in [0.4, 0.5) is 0 Å². The van der Waals surface area contributed by atoms with E-state index in [1.165, 1.54) is 32.6 Å². The summed E-state index contributed by atoms with van der Waals surface area (Å²) in [5, 5.41) is 12.8. The van der Waals surface area contributed by atoms with E-state index in [0.29, 0.717) is 6.42 Å². The van der Waals surface area contributed by atoms with E-state index in [-0.39, 0.29) is 35.5 Å². The normalized spacial score (nSPS) is 11.4. The smallest absolute Gasteiger partial charge is 0.548 e. The van der Waals surface area contributed by atoms with Crippen LogP contribution in [0.5, 0.6) is 0 Å². The summed E-state index contributed by atoms with van der Waals surface area (Å²) in [6.07, 6.45) is 8.45.